The summed E-state index contributed by atoms with van der Waals surface area (Å²) in [7, 11) is 0. The lowest BCUT2D eigenvalue weighted by atomic mass is 10.1. The Kier molecular flexibility index (Phi) is 4.97. The summed E-state index contributed by atoms with van der Waals surface area (Å²) in [6.45, 7) is 4.07. The standard InChI is InChI=1S/C13H19NO3/c1-3-9(2)17-11-6-4-10(5-7-11)8-12(14)13(15)16/h4-7,9,12H,3,8,14H2,1-2H3,(H,15,16). The van der Waals surface area contributed by atoms with Crippen LogP contribution in [0.5, 0.6) is 5.75 Å². The van der Waals surface area contributed by atoms with Crippen LogP contribution in [0.15, 0.2) is 24.3 Å². The monoisotopic (exact) mass is 237 g/mol. The van der Waals surface area contributed by atoms with E-state index in [9.17, 15) is 4.79 Å². The fraction of sp³-hybridized carbons (Fsp3) is 0.462. The van der Waals surface area contributed by atoms with Crippen LogP contribution >= 0.6 is 0 Å². The first-order valence-electron chi connectivity index (χ1n) is 5.77. The highest BCUT2D eigenvalue weighted by Crippen LogP contribution is 2.15. The van der Waals surface area contributed by atoms with Crippen LogP contribution in [0.2, 0.25) is 0 Å². The summed E-state index contributed by atoms with van der Waals surface area (Å²) in [5.41, 5.74) is 6.36. The maximum absolute atomic E-state index is 10.6. The van der Waals surface area contributed by atoms with E-state index >= 15 is 0 Å². The predicted octanol–water partition coefficient (Wildman–Crippen LogP) is 1.82. The maximum Gasteiger partial charge on any atom is 0.320 e. The second kappa shape index (κ2) is 6.25. The number of carboxylic acid groups (broad SMARTS) is 1. The molecule has 0 fully saturated rings. The van der Waals surface area contributed by atoms with Crippen molar-refractivity contribution in [3.63, 3.8) is 0 Å². The quantitative estimate of drug-likeness (QED) is 0.791. The molecule has 4 heteroatoms. The van der Waals surface area contributed by atoms with E-state index in [4.69, 9.17) is 15.6 Å². The number of aliphatic carboxylic acids is 1. The van der Waals surface area contributed by atoms with Gasteiger partial charge >= 0.3 is 5.97 Å². The van der Waals surface area contributed by atoms with Crippen LogP contribution in [-0.2, 0) is 11.2 Å². The summed E-state index contributed by atoms with van der Waals surface area (Å²) in [5, 5.41) is 8.70. The summed E-state index contributed by atoms with van der Waals surface area (Å²) in [4.78, 5) is 10.6. The van der Waals surface area contributed by atoms with Crippen LogP contribution in [-0.4, -0.2) is 23.2 Å². The molecule has 0 aliphatic heterocycles. The lowest BCUT2D eigenvalue weighted by Gasteiger charge is -2.13. The highest BCUT2D eigenvalue weighted by atomic mass is 16.5. The van der Waals surface area contributed by atoms with Gasteiger partial charge in [-0.15, -0.1) is 0 Å². The van der Waals surface area contributed by atoms with Crippen molar-refractivity contribution in [2.75, 3.05) is 0 Å². The van der Waals surface area contributed by atoms with Crippen molar-refractivity contribution in [2.45, 2.75) is 38.8 Å². The second-order valence-corrected chi connectivity index (χ2v) is 4.13. The average Bonchev–Trinajstić information content (AvgIpc) is 2.31. The van der Waals surface area contributed by atoms with Gasteiger partial charge in [0.25, 0.3) is 0 Å². The Morgan fingerprint density at radius 3 is 2.47 bits per heavy atom. The van der Waals surface area contributed by atoms with Crippen molar-refractivity contribution >= 4 is 5.97 Å². The van der Waals surface area contributed by atoms with E-state index in [0.717, 1.165) is 17.7 Å². The van der Waals surface area contributed by atoms with E-state index in [-0.39, 0.29) is 6.10 Å². The Balaban J connectivity index is 2.58. The highest BCUT2D eigenvalue weighted by molar-refractivity contribution is 5.73. The van der Waals surface area contributed by atoms with Gasteiger partial charge < -0.3 is 15.6 Å². The molecule has 0 aliphatic carbocycles. The molecular formula is C13H19NO3. The Morgan fingerprint density at radius 2 is 2.00 bits per heavy atom. The topological polar surface area (TPSA) is 72.5 Å². The first kappa shape index (κ1) is 13.5. The van der Waals surface area contributed by atoms with Gasteiger partial charge in [-0.25, -0.2) is 0 Å². The van der Waals surface area contributed by atoms with Crippen molar-refractivity contribution < 1.29 is 14.6 Å². The van der Waals surface area contributed by atoms with Crippen molar-refractivity contribution in [1.29, 1.82) is 0 Å². The van der Waals surface area contributed by atoms with Crippen molar-refractivity contribution in [3.8, 4) is 5.75 Å². The zero-order valence-electron chi connectivity index (χ0n) is 10.2. The molecule has 3 N–H and O–H groups in total. The van der Waals surface area contributed by atoms with E-state index in [0.29, 0.717) is 6.42 Å². The third kappa shape index (κ3) is 4.44. The molecule has 0 saturated heterocycles. The minimum absolute atomic E-state index is 0.183. The summed E-state index contributed by atoms with van der Waals surface area (Å²) in [6.07, 6.45) is 1.46. The third-order valence-electron chi connectivity index (χ3n) is 2.61. The van der Waals surface area contributed by atoms with Gasteiger partial charge in [-0.3, -0.25) is 4.79 Å². The zero-order valence-corrected chi connectivity index (χ0v) is 10.2. The number of rotatable bonds is 6. The molecule has 0 amide bonds. The highest BCUT2D eigenvalue weighted by Gasteiger charge is 2.11. The normalized spacial score (nSPS) is 14.1. The molecule has 1 rings (SSSR count). The number of carboxylic acids is 1. The fourth-order valence-corrected chi connectivity index (χ4v) is 1.36. The maximum atomic E-state index is 10.6. The van der Waals surface area contributed by atoms with Gasteiger partial charge in [-0.05, 0) is 37.5 Å². The van der Waals surface area contributed by atoms with Crippen molar-refractivity contribution in [1.82, 2.24) is 0 Å². The molecule has 2 unspecified atom stereocenters. The summed E-state index contributed by atoms with van der Waals surface area (Å²) >= 11 is 0. The minimum Gasteiger partial charge on any atom is -0.491 e. The van der Waals surface area contributed by atoms with Gasteiger partial charge in [0.05, 0.1) is 6.10 Å². The van der Waals surface area contributed by atoms with E-state index in [2.05, 4.69) is 6.92 Å². The Morgan fingerprint density at radius 1 is 1.41 bits per heavy atom. The van der Waals surface area contributed by atoms with Gasteiger partial charge in [0.15, 0.2) is 0 Å². The second-order valence-electron chi connectivity index (χ2n) is 4.13. The Labute approximate surface area is 101 Å². The summed E-state index contributed by atoms with van der Waals surface area (Å²) < 4.78 is 5.62. The molecule has 4 nitrogen and oxygen atoms in total. The third-order valence-corrected chi connectivity index (χ3v) is 2.61. The van der Waals surface area contributed by atoms with Crippen LogP contribution in [0.1, 0.15) is 25.8 Å². The Bertz CT molecular complexity index is 361. The largest absolute Gasteiger partial charge is 0.491 e. The summed E-state index contributed by atoms with van der Waals surface area (Å²) in [6, 6.07) is 6.53. The number of nitrogens with two attached hydrogens (primary N) is 1. The number of hydrogen-bond acceptors (Lipinski definition) is 3. The molecule has 0 radical (unpaired) electrons. The van der Waals surface area contributed by atoms with Gasteiger partial charge in [0, 0.05) is 0 Å². The fourth-order valence-electron chi connectivity index (χ4n) is 1.36. The molecular weight excluding hydrogens is 218 g/mol. The molecule has 0 heterocycles. The zero-order chi connectivity index (χ0) is 12.8. The van der Waals surface area contributed by atoms with Gasteiger partial charge in [0.1, 0.15) is 11.8 Å². The molecule has 0 aliphatic rings. The molecule has 0 saturated carbocycles. The molecule has 0 aromatic heterocycles. The van der Waals surface area contributed by atoms with Crippen LogP contribution < -0.4 is 10.5 Å². The minimum atomic E-state index is -0.982. The van der Waals surface area contributed by atoms with Crippen LogP contribution in [0.3, 0.4) is 0 Å². The van der Waals surface area contributed by atoms with Gasteiger partial charge in [-0.2, -0.15) is 0 Å². The predicted molar refractivity (Wildman–Crippen MR) is 66.1 cm³/mol. The number of benzene rings is 1. The number of hydrogen-bond donors (Lipinski definition) is 2. The van der Waals surface area contributed by atoms with Gasteiger partial charge in [-0.1, -0.05) is 19.1 Å². The van der Waals surface area contributed by atoms with E-state index in [1.807, 2.05) is 31.2 Å². The smallest absolute Gasteiger partial charge is 0.320 e. The van der Waals surface area contributed by atoms with Crippen LogP contribution in [0.25, 0.3) is 0 Å². The van der Waals surface area contributed by atoms with Crippen molar-refractivity contribution in [2.24, 2.45) is 5.73 Å². The van der Waals surface area contributed by atoms with E-state index in [1.165, 1.54) is 0 Å². The summed E-state index contributed by atoms with van der Waals surface area (Å²) in [5.74, 6) is -0.183. The lowest BCUT2D eigenvalue weighted by Crippen LogP contribution is -2.32. The molecule has 1 aromatic rings. The Hall–Kier alpha value is -1.55. The average molecular weight is 237 g/mol. The molecule has 1 aromatic carbocycles. The first-order valence-corrected chi connectivity index (χ1v) is 5.77. The number of ether oxygens (including phenoxy) is 1. The van der Waals surface area contributed by atoms with Crippen LogP contribution in [0, 0.1) is 0 Å². The molecule has 2 atom stereocenters. The molecule has 94 valence electrons. The molecule has 17 heavy (non-hydrogen) atoms. The van der Waals surface area contributed by atoms with Crippen LogP contribution in [0.4, 0.5) is 0 Å². The SMILES string of the molecule is CCC(C)Oc1ccc(CC(N)C(=O)O)cc1. The van der Waals surface area contributed by atoms with E-state index in [1.54, 1.807) is 0 Å². The van der Waals surface area contributed by atoms with E-state index < -0.39 is 12.0 Å². The first-order chi connectivity index (χ1) is 8.02. The number of carbonyl (C=O) groups is 1. The molecule has 0 bridgehead atoms. The van der Waals surface area contributed by atoms with Crippen molar-refractivity contribution in [3.05, 3.63) is 29.8 Å². The lowest BCUT2D eigenvalue weighted by molar-refractivity contribution is -0.138. The van der Waals surface area contributed by atoms with Gasteiger partial charge in [0.2, 0.25) is 0 Å². The molecule has 0 spiro atoms.